The minimum absolute atomic E-state index is 0.137. The Kier molecular flexibility index (Phi) is 19.3. The molecule has 0 amide bonds. The standard InChI is InChI=1S/C35H43F3O6/c1-4-5-6-7-8-9-10-11-12-13-14-15-16-17-18-19-20-21-22-23-33(40)42-27-28(2)43-34(41)31-25-24-30(35(36,37)38)26-32(31)44-29(3)39/h5-6,8-9,11-12,14-15,17-18,20-21,24-26,28H,4,7,10,13,16,19,22-23,27H2,1-3H3/b6-5-,9-8-,12-11-,15-14-,18-17-,21-20-. The molecule has 1 unspecified atom stereocenters. The molecule has 0 saturated heterocycles. The summed E-state index contributed by atoms with van der Waals surface area (Å²) < 4.78 is 54.0. The Bertz CT molecular complexity index is 1210. The fourth-order valence-electron chi connectivity index (χ4n) is 3.51. The van der Waals surface area contributed by atoms with Gasteiger partial charge in [-0.3, -0.25) is 9.59 Å². The van der Waals surface area contributed by atoms with Crippen LogP contribution in [0.2, 0.25) is 0 Å². The summed E-state index contributed by atoms with van der Waals surface area (Å²) in [5.41, 5.74) is -1.44. The van der Waals surface area contributed by atoms with Crippen LogP contribution >= 0.6 is 0 Å². The molecule has 0 saturated carbocycles. The maximum atomic E-state index is 13.0. The van der Waals surface area contributed by atoms with E-state index in [-0.39, 0.29) is 18.6 Å². The summed E-state index contributed by atoms with van der Waals surface area (Å²) in [6.07, 6.45) is 25.7. The fourth-order valence-corrected chi connectivity index (χ4v) is 3.51. The van der Waals surface area contributed by atoms with E-state index in [4.69, 9.17) is 14.2 Å². The van der Waals surface area contributed by atoms with Crippen molar-refractivity contribution < 1.29 is 41.8 Å². The van der Waals surface area contributed by atoms with E-state index >= 15 is 0 Å². The van der Waals surface area contributed by atoms with Crippen LogP contribution in [-0.2, 0) is 25.2 Å². The summed E-state index contributed by atoms with van der Waals surface area (Å²) in [4.78, 5) is 35.8. The second kappa shape index (κ2) is 22.4. The molecule has 0 N–H and O–H groups in total. The van der Waals surface area contributed by atoms with Crippen molar-refractivity contribution in [2.24, 2.45) is 0 Å². The van der Waals surface area contributed by atoms with Crippen LogP contribution in [0.4, 0.5) is 13.2 Å². The summed E-state index contributed by atoms with van der Waals surface area (Å²) >= 11 is 0. The number of carbonyl (C=O) groups excluding carboxylic acids is 3. The molecule has 0 radical (unpaired) electrons. The van der Waals surface area contributed by atoms with Gasteiger partial charge in [-0.15, -0.1) is 0 Å². The number of ether oxygens (including phenoxy) is 3. The van der Waals surface area contributed by atoms with Crippen LogP contribution < -0.4 is 4.74 Å². The Morgan fingerprint density at radius 3 is 1.77 bits per heavy atom. The second-order valence-electron chi connectivity index (χ2n) is 9.66. The first kappa shape index (κ1) is 37.9. The first-order valence-corrected chi connectivity index (χ1v) is 14.7. The van der Waals surface area contributed by atoms with Gasteiger partial charge >= 0.3 is 24.1 Å². The van der Waals surface area contributed by atoms with E-state index in [1.165, 1.54) is 6.92 Å². The SMILES string of the molecule is CC/C=C\C/C=C\C/C=C\C/C=C\C/C=C\C/C=C\CCC(=O)OCC(C)OC(=O)c1ccc(C(F)(F)F)cc1OC(C)=O. The summed E-state index contributed by atoms with van der Waals surface area (Å²) in [6, 6.07) is 2.11. The lowest BCUT2D eigenvalue weighted by atomic mass is 10.1. The molecular formula is C35H43F3O6. The highest BCUT2D eigenvalue weighted by atomic mass is 19.4. The normalized spacial score (nSPS) is 13.2. The van der Waals surface area contributed by atoms with Gasteiger partial charge in [-0.25, -0.2) is 4.79 Å². The Morgan fingerprint density at radius 1 is 0.795 bits per heavy atom. The third-order valence-corrected chi connectivity index (χ3v) is 5.68. The van der Waals surface area contributed by atoms with Crippen LogP contribution in [-0.4, -0.2) is 30.6 Å². The number of rotatable bonds is 19. The molecule has 44 heavy (non-hydrogen) atoms. The molecule has 240 valence electrons. The average molecular weight is 617 g/mol. The summed E-state index contributed by atoms with van der Waals surface area (Å²) in [5, 5.41) is 0. The highest BCUT2D eigenvalue weighted by molar-refractivity contribution is 5.93. The Morgan fingerprint density at radius 2 is 1.30 bits per heavy atom. The molecular weight excluding hydrogens is 573 g/mol. The van der Waals surface area contributed by atoms with Crippen LogP contribution in [0.5, 0.6) is 5.75 Å². The molecule has 0 bridgehead atoms. The maximum absolute atomic E-state index is 13.0. The molecule has 0 aliphatic heterocycles. The zero-order chi connectivity index (χ0) is 32.6. The van der Waals surface area contributed by atoms with E-state index in [0.29, 0.717) is 18.6 Å². The molecule has 0 aliphatic carbocycles. The number of alkyl halides is 3. The number of esters is 3. The largest absolute Gasteiger partial charge is 0.462 e. The van der Waals surface area contributed by atoms with E-state index in [1.54, 1.807) is 0 Å². The van der Waals surface area contributed by atoms with E-state index in [0.717, 1.165) is 51.5 Å². The van der Waals surface area contributed by atoms with Crippen molar-refractivity contribution in [3.8, 4) is 5.75 Å². The summed E-state index contributed by atoms with van der Waals surface area (Å²) in [7, 11) is 0. The van der Waals surface area contributed by atoms with Crippen molar-refractivity contribution >= 4 is 17.9 Å². The van der Waals surface area contributed by atoms with E-state index < -0.39 is 41.5 Å². The first-order valence-electron chi connectivity index (χ1n) is 14.7. The topological polar surface area (TPSA) is 78.9 Å². The quantitative estimate of drug-likeness (QED) is 0.0876. The van der Waals surface area contributed by atoms with Crippen LogP contribution in [0.25, 0.3) is 0 Å². The number of hydrogen-bond acceptors (Lipinski definition) is 6. The van der Waals surface area contributed by atoms with Gasteiger partial charge in [0.2, 0.25) is 0 Å². The molecule has 6 nitrogen and oxygen atoms in total. The predicted molar refractivity (Wildman–Crippen MR) is 166 cm³/mol. The fraction of sp³-hybridized carbons (Fsp3) is 0.400. The van der Waals surface area contributed by atoms with Gasteiger partial charge in [0.15, 0.2) is 0 Å². The maximum Gasteiger partial charge on any atom is 0.416 e. The lowest BCUT2D eigenvalue weighted by Gasteiger charge is -2.16. The zero-order valence-electron chi connectivity index (χ0n) is 25.7. The van der Waals surface area contributed by atoms with Gasteiger partial charge in [-0.1, -0.05) is 79.8 Å². The minimum Gasteiger partial charge on any atom is -0.462 e. The van der Waals surface area contributed by atoms with E-state index in [9.17, 15) is 27.6 Å². The van der Waals surface area contributed by atoms with Crippen LogP contribution in [0.1, 0.15) is 88.1 Å². The predicted octanol–water partition coefficient (Wildman–Crippen LogP) is 9.20. The van der Waals surface area contributed by atoms with Gasteiger partial charge < -0.3 is 14.2 Å². The average Bonchev–Trinajstić information content (AvgIpc) is 2.96. The van der Waals surface area contributed by atoms with Crippen molar-refractivity contribution in [3.63, 3.8) is 0 Å². The molecule has 0 spiro atoms. The van der Waals surface area contributed by atoms with Gasteiger partial charge in [0, 0.05) is 13.3 Å². The minimum atomic E-state index is -4.69. The lowest BCUT2D eigenvalue weighted by molar-refractivity contribution is -0.146. The molecule has 0 aromatic heterocycles. The van der Waals surface area contributed by atoms with E-state index in [2.05, 4.69) is 61.6 Å². The molecule has 1 aromatic rings. The highest BCUT2D eigenvalue weighted by Gasteiger charge is 2.32. The summed E-state index contributed by atoms with van der Waals surface area (Å²) in [6.45, 7) is 4.35. The smallest absolute Gasteiger partial charge is 0.416 e. The van der Waals surface area contributed by atoms with Gasteiger partial charge in [0.1, 0.15) is 24.0 Å². The summed E-state index contributed by atoms with van der Waals surface area (Å²) in [5.74, 6) is -2.97. The monoisotopic (exact) mass is 616 g/mol. The Labute approximate surface area is 258 Å². The van der Waals surface area contributed by atoms with Gasteiger partial charge in [0.05, 0.1) is 5.56 Å². The third-order valence-electron chi connectivity index (χ3n) is 5.68. The molecule has 1 atom stereocenters. The van der Waals surface area contributed by atoms with Crippen molar-refractivity contribution in [1.29, 1.82) is 0 Å². The Balaban J connectivity index is 2.26. The number of carbonyl (C=O) groups is 3. The molecule has 1 rings (SSSR count). The molecule has 0 heterocycles. The number of halogens is 3. The molecule has 9 heteroatoms. The van der Waals surface area contributed by atoms with E-state index in [1.807, 2.05) is 18.2 Å². The van der Waals surface area contributed by atoms with Crippen molar-refractivity contribution in [1.82, 2.24) is 0 Å². The molecule has 0 aliphatic rings. The van der Waals surface area contributed by atoms with Crippen molar-refractivity contribution in [2.75, 3.05) is 6.61 Å². The van der Waals surface area contributed by atoms with Crippen molar-refractivity contribution in [3.05, 3.63) is 102 Å². The molecule has 1 aromatic carbocycles. The van der Waals surface area contributed by atoms with Crippen LogP contribution in [0.3, 0.4) is 0 Å². The van der Waals surface area contributed by atoms with Gasteiger partial charge in [0.25, 0.3) is 0 Å². The first-order chi connectivity index (χ1) is 21.0. The van der Waals surface area contributed by atoms with Crippen LogP contribution in [0.15, 0.2) is 91.1 Å². The van der Waals surface area contributed by atoms with Gasteiger partial charge in [-0.2, -0.15) is 13.2 Å². The second-order valence-corrected chi connectivity index (χ2v) is 9.66. The Hall–Kier alpha value is -4.14. The third kappa shape index (κ3) is 18.4. The lowest BCUT2D eigenvalue weighted by Crippen LogP contribution is -2.23. The zero-order valence-corrected chi connectivity index (χ0v) is 25.7. The number of benzene rings is 1. The van der Waals surface area contributed by atoms with Crippen molar-refractivity contribution in [2.45, 2.75) is 84.4 Å². The molecule has 0 fully saturated rings. The number of hydrogen-bond donors (Lipinski definition) is 0. The highest BCUT2D eigenvalue weighted by Crippen LogP contribution is 2.33. The van der Waals surface area contributed by atoms with Crippen LogP contribution in [0, 0.1) is 0 Å². The van der Waals surface area contributed by atoms with Gasteiger partial charge in [-0.05, 0) is 70.1 Å². The number of allylic oxidation sites excluding steroid dienone is 12.